The van der Waals surface area contributed by atoms with Gasteiger partial charge in [-0.05, 0) is 25.3 Å². The van der Waals surface area contributed by atoms with Gasteiger partial charge in [-0.2, -0.15) is 0 Å². The van der Waals surface area contributed by atoms with Gasteiger partial charge in [0.1, 0.15) is 0 Å². The predicted octanol–water partition coefficient (Wildman–Crippen LogP) is 1.51. The van der Waals surface area contributed by atoms with E-state index in [1.807, 2.05) is 0 Å². The van der Waals surface area contributed by atoms with Gasteiger partial charge in [0.05, 0.1) is 13.2 Å². The molecule has 2 rings (SSSR count). The molecule has 2 aliphatic heterocycles. The van der Waals surface area contributed by atoms with Gasteiger partial charge < -0.3 is 4.74 Å². The molecule has 2 atom stereocenters. The minimum Gasteiger partial charge on any atom is -0.378 e. The van der Waals surface area contributed by atoms with E-state index in [4.69, 9.17) is 4.74 Å². The number of hydrogen-bond acceptors (Lipinski definition) is 2. The first kappa shape index (κ1) is 8.52. The lowest BCUT2D eigenvalue weighted by molar-refractivity contribution is -0.0452. The van der Waals surface area contributed by atoms with Crippen LogP contribution in [0.4, 0.5) is 0 Å². The fourth-order valence-corrected chi connectivity index (χ4v) is 2.47. The zero-order chi connectivity index (χ0) is 8.55. The van der Waals surface area contributed by atoms with Gasteiger partial charge in [0.15, 0.2) is 0 Å². The Bertz CT molecular complexity index is 158. The molecule has 70 valence electrons. The molecule has 2 aliphatic rings. The van der Waals surface area contributed by atoms with Crippen molar-refractivity contribution in [3.8, 4) is 0 Å². The number of morpholine rings is 1. The van der Waals surface area contributed by atoms with Crippen molar-refractivity contribution >= 4 is 0 Å². The Morgan fingerprint density at radius 2 is 2.17 bits per heavy atom. The molecule has 2 heterocycles. The molecule has 2 nitrogen and oxygen atoms in total. The Morgan fingerprint density at radius 3 is 2.92 bits per heavy atom. The zero-order valence-electron chi connectivity index (χ0n) is 8.12. The van der Waals surface area contributed by atoms with Gasteiger partial charge in [0.2, 0.25) is 0 Å². The van der Waals surface area contributed by atoms with Crippen LogP contribution < -0.4 is 0 Å². The summed E-state index contributed by atoms with van der Waals surface area (Å²) in [4.78, 5) is 2.66. The first-order valence-electron chi connectivity index (χ1n) is 5.12. The van der Waals surface area contributed by atoms with E-state index in [2.05, 4.69) is 18.7 Å². The van der Waals surface area contributed by atoms with Crippen molar-refractivity contribution in [3.05, 3.63) is 0 Å². The normalized spacial score (nSPS) is 37.2. The SMILES string of the molecule is CC(C)C1COCC2CCCN21. The molecule has 2 heteroatoms. The summed E-state index contributed by atoms with van der Waals surface area (Å²) in [6.07, 6.45) is 2.72. The summed E-state index contributed by atoms with van der Waals surface area (Å²) in [6.45, 7) is 7.83. The molecule has 2 saturated heterocycles. The van der Waals surface area contributed by atoms with Crippen LogP contribution in [0.25, 0.3) is 0 Å². The highest BCUT2D eigenvalue weighted by atomic mass is 16.5. The molecular formula is C10H19NO. The molecule has 0 aromatic carbocycles. The molecule has 0 saturated carbocycles. The number of ether oxygens (including phenoxy) is 1. The summed E-state index contributed by atoms with van der Waals surface area (Å²) in [6, 6.07) is 1.43. The quantitative estimate of drug-likeness (QED) is 0.590. The first-order chi connectivity index (χ1) is 5.79. The summed E-state index contributed by atoms with van der Waals surface area (Å²) in [5, 5.41) is 0. The van der Waals surface area contributed by atoms with E-state index in [0.29, 0.717) is 6.04 Å². The molecule has 2 fully saturated rings. The van der Waals surface area contributed by atoms with Crippen LogP contribution in [0, 0.1) is 5.92 Å². The third kappa shape index (κ3) is 1.38. The van der Waals surface area contributed by atoms with Crippen LogP contribution in [0.5, 0.6) is 0 Å². The highest BCUT2D eigenvalue weighted by Crippen LogP contribution is 2.27. The maximum absolute atomic E-state index is 5.62. The van der Waals surface area contributed by atoms with Crippen molar-refractivity contribution in [1.29, 1.82) is 0 Å². The van der Waals surface area contributed by atoms with Crippen molar-refractivity contribution in [2.24, 2.45) is 5.92 Å². The molecule has 2 unspecified atom stereocenters. The highest BCUT2D eigenvalue weighted by molar-refractivity contribution is 4.89. The third-order valence-corrected chi connectivity index (χ3v) is 3.22. The first-order valence-corrected chi connectivity index (χ1v) is 5.12. The predicted molar refractivity (Wildman–Crippen MR) is 49.2 cm³/mol. The van der Waals surface area contributed by atoms with Crippen LogP contribution in [0.15, 0.2) is 0 Å². The zero-order valence-corrected chi connectivity index (χ0v) is 8.12. The molecule has 0 aromatic heterocycles. The lowest BCUT2D eigenvalue weighted by Gasteiger charge is -2.39. The van der Waals surface area contributed by atoms with E-state index in [1.165, 1.54) is 19.4 Å². The molecule has 0 aliphatic carbocycles. The molecule has 0 spiro atoms. The van der Waals surface area contributed by atoms with Crippen molar-refractivity contribution in [1.82, 2.24) is 4.90 Å². The van der Waals surface area contributed by atoms with Gasteiger partial charge >= 0.3 is 0 Å². The second-order valence-corrected chi connectivity index (χ2v) is 4.38. The maximum atomic E-state index is 5.62. The van der Waals surface area contributed by atoms with E-state index in [-0.39, 0.29) is 0 Å². The van der Waals surface area contributed by atoms with E-state index in [1.54, 1.807) is 0 Å². The largest absolute Gasteiger partial charge is 0.378 e. The average Bonchev–Trinajstić information content (AvgIpc) is 2.49. The maximum Gasteiger partial charge on any atom is 0.0625 e. The van der Waals surface area contributed by atoms with Gasteiger partial charge in [0.25, 0.3) is 0 Å². The molecule has 0 radical (unpaired) electrons. The third-order valence-electron chi connectivity index (χ3n) is 3.22. The van der Waals surface area contributed by atoms with Crippen LogP contribution in [0.1, 0.15) is 26.7 Å². The Labute approximate surface area is 74.9 Å². The Balaban J connectivity index is 2.03. The van der Waals surface area contributed by atoms with Gasteiger partial charge in [-0.25, -0.2) is 0 Å². The second-order valence-electron chi connectivity index (χ2n) is 4.38. The summed E-state index contributed by atoms with van der Waals surface area (Å²) in [5.74, 6) is 0.742. The van der Waals surface area contributed by atoms with Gasteiger partial charge in [0, 0.05) is 12.1 Å². The molecular weight excluding hydrogens is 150 g/mol. The Hall–Kier alpha value is -0.0800. The topological polar surface area (TPSA) is 12.5 Å². The van der Waals surface area contributed by atoms with Crippen LogP contribution in [0.2, 0.25) is 0 Å². The molecule has 0 aromatic rings. The molecule has 12 heavy (non-hydrogen) atoms. The number of rotatable bonds is 1. The van der Waals surface area contributed by atoms with Crippen LogP contribution in [-0.4, -0.2) is 36.7 Å². The number of fused-ring (bicyclic) bond motifs is 1. The fourth-order valence-electron chi connectivity index (χ4n) is 2.47. The monoisotopic (exact) mass is 169 g/mol. The summed E-state index contributed by atoms with van der Waals surface area (Å²) >= 11 is 0. The summed E-state index contributed by atoms with van der Waals surface area (Å²) in [5.41, 5.74) is 0. The summed E-state index contributed by atoms with van der Waals surface area (Å²) in [7, 11) is 0. The second kappa shape index (κ2) is 3.35. The minimum atomic E-state index is 0.686. The van der Waals surface area contributed by atoms with Crippen LogP contribution in [0.3, 0.4) is 0 Å². The standard InChI is InChI=1S/C10H19NO/c1-8(2)10-7-12-6-9-4-3-5-11(9)10/h8-10H,3-7H2,1-2H3. The van der Waals surface area contributed by atoms with Gasteiger partial charge in [-0.3, -0.25) is 4.90 Å². The van der Waals surface area contributed by atoms with Crippen molar-refractivity contribution in [2.75, 3.05) is 19.8 Å². The minimum absolute atomic E-state index is 0.686. The Kier molecular flexibility index (Phi) is 2.37. The van der Waals surface area contributed by atoms with E-state index >= 15 is 0 Å². The average molecular weight is 169 g/mol. The highest BCUT2D eigenvalue weighted by Gasteiger charge is 2.35. The van der Waals surface area contributed by atoms with Crippen LogP contribution in [-0.2, 0) is 4.74 Å². The van der Waals surface area contributed by atoms with Gasteiger partial charge in [-0.1, -0.05) is 13.8 Å². The smallest absolute Gasteiger partial charge is 0.0625 e. The van der Waals surface area contributed by atoms with Crippen molar-refractivity contribution in [2.45, 2.75) is 38.8 Å². The van der Waals surface area contributed by atoms with Crippen LogP contribution >= 0.6 is 0 Å². The number of hydrogen-bond donors (Lipinski definition) is 0. The van der Waals surface area contributed by atoms with Crippen molar-refractivity contribution in [3.63, 3.8) is 0 Å². The molecule has 0 bridgehead atoms. The molecule has 0 N–H and O–H groups in total. The lowest BCUT2D eigenvalue weighted by atomic mass is 10.0. The van der Waals surface area contributed by atoms with E-state index < -0.39 is 0 Å². The van der Waals surface area contributed by atoms with E-state index in [9.17, 15) is 0 Å². The molecule has 0 amide bonds. The number of nitrogens with zero attached hydrogens (tertiary/aromatic N) is 1. The summed E-state index contributed by atoms with van der Waals surface area (Å²) < 4.78 is 5.62. The Morgan fingerprint density at radius 1 is 1.33 bits per heavy atom. The van der Waals surface area contributed by atoms with E-state index in [0.717, 1.165) is 25.2 Å². The fraction of sp³-hybridized carbons (Fsp3) is 1.00. The lowest BCUT2D eigenvalue weighted by Crippen LogP contribution is -2.51. The van der Waals surface area contributed by atoms with Gasteiger partial charge in [-0.15, -0.1) is 0 Å². The van der Waals surface area contributed by atoms with Crippen molar-refractivity contribution < 1.29 is 4.74 Å².